The van der Waals surface area contributed by atoms with Gasteiger partial charge in [0.05, 0.1) is 23.8 Å². The van der Waals surface area contributed by atoms with E-state index >= 15 is 0 Å². The van der Waals surface area contributed by atoms with Crippen molar-refractivity contribution in [1.29, 1.82) is 0 Å². The molecule has 0 aliphatic rings. The molecule has 0 aliphatic heterocycles. The summed E-state index contributed by atoms with van der Waals surface area (Å²) in [6.45, 7) is 1.93. The summed E-state index contributed by atoms with van der Waals surface area (Å²) in [5, 5.41) is 2.81. The fourth-order valence-electron chi connectivity index (χ4n) is 2.81. The van der Waals surface area contributed by atoms with E-state index in [1.54, 1.807) is 13.2 Å². The molecule has 0 unspecified atom stereocenters. The summed E-state index contributed by atoms with van der Waals surface area (Å²) >= 11 is 1.17. The lowest BCUT2D eigenvalue weighted by atomic mass is 10.2. The molecule has 26 heavy (non-hydrogen) atoms. The zero-order valence-electron chi connectivity index (χ0n) is 14.1. The van der Waals surface area contributed by atoms with Gasteiger partial charge in [0.2, 0.25) is 0 Å². The minimum absolute atomic E-state index is 0.284. The maximum absolute atomic E-state index is 12.7. The van der Waals surface area contributed by atoms with Gasteiger partial charge in [-0.05, 0) is 36.8 Å². The predicted molar refractivity (Wildman–Crippen MR) is 103 cm³/mol. The molecule has 0 aliphatic carbocycles. The van der Waals surface area contributed by atoms with Crippen molar-refractivity contribution in [1.82, 2.24) is 9.38 Å². The number of methoxy groups -OCH3 is 1. The van der Waals surface area contributed by atoms with Crippen LogP contribution in [-0.4, -0.2) is 22.4 Å². The molecule has 130 valence electrons. The Hall–Kier alpha value is -3.19. The molecule has 7 heteroatoms. The number of imidazole rings is 1. The Bertz CT molecular complexity index is 1210. The molecule has 2 aromatic heterocycles. The van der Waals surface area contributed by atoms with Crippen molar-refractivity contribution in [3.63, 3.8) is 0 Å². The normalized spacial score (nSPS) is 11.0. The Morgan fingerprint density at radius 3 is 2.81 bits per heavy atom. The van der Waals surface area contributed by atoms with Crippen LogP contribution in [0, 0.1) is 6.92 Å². The summed E-state index contributed by atoms with van der Waals surface area (Å²) in [4.78, 5) is 30.4. The van der Waals surface area contributed by atoms with E-state index in [4.69, 9.17) is 4.74 Å². The fraction of sp³-hybridized carbons (Fsp3) is 0.105. The number of carbonyl (C=O) groups is 1. The fourth-order valence-corrected chi connectivity index (χ4v) is 3.73. The van der Waals surface area contributed by atoms with Crippen LogP contribution < -0.4 is 15.6 Å². The first kappa shape index (κ1) is 16.3. The summed E-state index contributed by atoms with van der Waals surface area (Å²) in [5.41, 5.74) is 2.72. The van der Waals surface area contributed by atoms with Gasteiger partial charge in [-0.1, -0.05) is 29.5 Å². The second-order valence-electron chi connectivity index (χ2n) is 5.83. The third kappa shape index (κ3) is 2.72. The van der Waals surface area contributed by atoms with E-state index in [0.717, 1.165) is 16.6 Å². The second-order valence-corrected chi connectivity index (χ2v) is 6.83. The standard InChI is InChI=1S/C19H15N3O3S/c1-11-7-8-15(25-2)13(9-11)20-18(24)16-10-17(23)22-14-6-4-3-5-12(14)21-19(22)26-16/h3-10H,1-2H3,(H,20,24). The van der Waals surface area contributed by atoms with Crippen molar-refractivity contribution in [2.75, 3.05) is 12.4 Å². The molecule has 2 heterocycles. The van der Waals surface area contributed by atoms with E-state index in [1.165, 1.54) is 21.8 Å². The number of aromatic nitrogens is 2. The first-order valence-corrected chi connectivity index (χ1v) is 8.76. The van der Waals surface area contributed by atoms with Crippen LogP contribution in [0.25, 0.3) is 16.0 Å². The molecule has 0 fully saturated rings. The molecule has 0 saturated carbocycles. The summed E-state index contributed by atoms with van der Waals surface area (Å²) in [5.74, 6) is 0.189. The third-order valence-corrected chi connectivity index (χ3v) is 5.01. The number of carbonyl (C=O) groups excluding carboxylic acids is 1. The molecule has 0 spiro atoms. The molecule has 1 amide bonds. The van der Waals surface area contributed by atoms with Crippen LogP contribution in [0.1, 0.15) is 15.2 Å². The van der Waals surface area contributed by atoms with Gasteiger partial charge in [-0.15, -0.1) is 0 Å². The van der Waals surface area contributed by atoms with Crippen molar-refractivity contribution in [2.45, 2.75) is 6.92 Å². The predicted octanol–water partition coefficient (Wildman–Crippen LogP) is 3.48. The zero-order chi connectivity index (χ0) is 18.3. The second kappa shape index (κ2) is 6.27. The number of para-hydroxylation sites is 2. The molecule has 4 rings (SSSR count). The van der Waals surface area contributed by atoms with Crippen LogP contribution in [-0.2, 0) is 0 Å². The average molecular weight is 365 g/mol. The number of hydrogen-bond donors (Lipinski definition) is 1. The lowest BCUT2D eigenvalue weighted by Gasteiger charge is -2.10. The molecule has 6 nitrogen and oxygen atoms in total. The third-order valence-electron chi connectivity index (χ3n) is 4.03. The first-order valence-electron chi connectivity index (χ1n) is 7.94. The van der Waals surface area contributed by atoms with Gasteiger partial charge in [-0.25, -0.2) is 4.98 Å². The van der Waals surface area contributed by atoms with E-state index in [1.807, 2.05) is 43.3 Å². The van der Waals surface area contributed by atoms with Crippen LogP contribution in [0.4, 0.5) is 5.69 Å². The van der Waals surface area contributed by atoms with E-state index < -0.39 is 0 Å². The molecule has 2 aromatic carbocycles. The van der Waals surface area contributed by atoms with Crippen molar-refractivity contribution < 1.29 is 9.53 Å². The van der Waals surface area contributed by atoms with Gasteiger partial charge in [0, 0.05) is 6.07 Å². The lowest BCUT2D eigenvalue weighted by Crippen LogP contribution is -2.17. The number of ether oxygens (including phenoxy) is 1. The summed E-state index contributed by atoms with van der Waals surface area (Å²) < 4.78 is 6.80. The van der Waals surface area contributed by atoms with E-state index in [0.29, 0.717) is 21.3 Å². The van der Waals surface area contributed by atoms with Crippen LogP contribution in [0.2, 0.25) is 0 Å². The van der Waals surface area contributed by atoms with E-state index in [9.17, 15) is 9.59 Å². The molecule has 0 bridgehead atoms. The number of nitrogens with one attached hydrogen (secondary N) is 1. The van der Waals surface area contributed by atoms with Crippen LogP contribution in [0.15, 0.2) is 53.3 Å². The van der Waals surface area contributed by atoms with Crippen molar-refractivity contribution >= 4 is 38.9 Å². The highest BCUT2D eigenvalue weighted by Gasteiger charge is 2.15. The van der Waals surface area contributed by atoms with Gasteiger partial charge in [0.25, 0.3) is 11.5 Å². The number of aryl methyl sites for hydroxylation is 1. The Morgan fingerprint density at radius 2 is 2.00 bits per heavy atom. The van der Waals surface area contributed by atoms with Crippen LogP contribution in [0.5, 0.6) is 5.75 Å². The monoisotopic (exact) mass is 365 g/mol. The van der Waals surface area contributed by atoms with Gasteiger partial charge in [0.1, 0.15) is 10.6 Å². The number of anilines is 1. The van der Waals surface area contributed by atoms with E-state index in [2.05, 4.69) is 10.3 Å². The highest BCUT2D eigenvalue weighted by Crippen LogP contribution is 2.26. The van der Waals surface area contributed by atoms with Gasteiger partial charge >= 0.3 is 0 Å². The number of amides is 1. The number of hydrogen-bond acceptors (Lipinski definition) is 5. The maximum Gasteiger partial charge on any atom is 0.266 e. The van der Waals surface area contributed by atoms with Crippen molar-refractivity contribution in [3.8, 4) is 5.75 Å². The average Bonchev–Trinajstić information content (AvgIpc) is 3.00. The van der Waals surface area contributed by atoms with Crippen LogP contribution in [0.3, 0.4) is 0 Å². The number of benzene rings is 2. The van der Waals surface area contributed by atoms with Gasteiger partial charge < -0.3 is 10.1 Å². The Morgan fingerprint density at radius 1 is 1.19 bits per heavy atom. The quantitative estimate of drug-likeness (QED) is 0.603. The minimum atomic E-state index is -0.370. The maximum atomic E-state index is 12.7. The van der Waals surface area contributed by atoms with Crippen molar-refractivity contribution in [2.24, 2.45) is 0 Å². The van der Waals surface area contributed by atoms with Crippen molar-refractivity contribution in [3.05, 3.63) is 69.3 Å². The summed E-state index contributed by atoms with van der Waals surface area (Å²) in [7, 11) is 1.54. The molecular formula is C19H15N3O3S. The van der Waals surface area contributed by atoms with E-state index in [-0.39, 0.29) is 11.5 Å². The van der Waals surface area contributed by atoms with Gasteiger partial charge in [0.15, 0.2) is 4.96 Å². The largest absolute Gasteiger partial charge is 0.495 e. The summed E-state index contributed by atoms with van der Waals surface area (Å²) in [6.07, 6.45) is 0. The summed E-state index contributed by atoms with van der Waals surface area (Å²) in [6, 6.07) is 14.2. The first-order chi connectivity index (χ1) is 12.6. The molecule has 1 N–H and O–H groups in total. The van der Waals surface area contributed by atoms with Crippen LogP contribution >= 0.6 is 11.3 Å². The SMILES string of the molecule is COc1ccc(C)cc1NC(=O)c1cc(=O)n2c(nc3ccccc32)s1. The topological polar surface area (TPSA) is 72.7 Å². The highest BCUT2D eigenvalue weighted by atomic mass is 32.1. The minimum Gasteiger partial charge on any atom is -0.495 e. The zero-order valence-corrected chi connectivity index (χ0v) is 15.0. The number of rotatable bonds is 3. The molecule has 0 saturated heterocycles. The smallest absolute Gasteiger partial charge is 0.266 e. The Labute approximate surface area is 152 Å². The lowest BCUT2D eigenvalue weighted by molar-refractivity contribution is 0.103. The molecule has 0 atom stereocenters. The molecular weight excluding hydrogens is 350 g/mol. The van der Waals surface area contributed by atoms with Gasteiger partial charge in [-0.2, -0.15) is 0 Å². The Balaban J connectivity index is 1.77. The molecule has 0 radical (unpaired) electrons. The van der Waals surface area contributed by atoms with Gasteiger partial charge in [-0.3, -0.25) is 14.0 Å². The highest BCUT2D eigenvalue weighted by molar-refractivity contribution is 7.18. The number of fused-ring (bicyclic) bond motifs is 3. The number of nitrogens with zero attached hydrogens (tertiary/aromatic N) is 2. The Kier molecular flexibility index (Phi) is 3.93. The molecule has 4 aromatic rings.